The SMILES string of the molecule is C[C@@H]1CCN(C(=O)c2ccc(CNC(=O)c3cccs3)cc2)[C@H]2CCCC[C@@H]12. The van der Waals surface area contributed by atoms with Gasteiger partial charge in [-0.15, -0.1) is 11.3 Å². The van der Waals surface area contributed by atoms with E-state index in [1.165, 1.54) is 30.6 Å². The highest BCUT2D eigenvalue weighted by Crippen LogP contribution is 2.39. The molecule has 4 rings (SSSR count). The number of piperidine rings is 1. The van der Waals surface area contributed by atoms with Crippen molar-refractivity contribution < 1.29 is 9.59 Å². The molecular formula is C23H28N2O2S. The second kappa shape index (κ2) is 8.48. The number of hydrogen-bond donors (Lipinski definition) is 1. The Labute approximate surface area is 170 Å². The smallest absolute Gasteiger partial charge is 0.261 e. The number of fused-ring (bicyclic) bond motifs is 1. The monoisotopic (exact) mass is 396 g/mol. The molecule has 1 N–H and O–H groups in total. The fourth-order valence-electron chi connectivity index (χ4n) is 4.77. The van der Waals surface area contributed by atoms with Crippen molar-refractivity contribution in [3.63, 3.8) is 0 Å². The number of hydrogen-bond acceptors (Lipinski definition) is 3. The van der Waals surface area contributed by atoms with Gasteiger partial charge in [-0.2, -0.15) is 0 Å². The third-order valence-corrected chi connectivity index (χ3v) is 7.27. The molecule has 148 valence electrons. The van der Waals surface area contributed by atoms with Gasteiger partial charge in [0.2, 0.25) is 0 Å². The van der Waals surface area contributed by atoms with Crippen LogP contribution in [0, 0.1) is 11.8 Å². The lowest BCUT2D eigenvalue weighted by Gasteiger charge is -2.47. The van der Waals surface area contributed by atoms with Crippen molar-refractivity contribution in [3.05, 3.63) is 57.8 Å². The second-order valence-corrected chi connectivity index (χ2v) is 9.08. The van der Waals surface area contributed by atoms with Crippen molar-refractivity contribution in [2.24, 2.45) is 11.8 Å². The molecule has 3 atom stereocenters. The Morgan fingerprint density at radius 2 is 1.89 bits per heavy atom. The Kier molecular flexibility index (Phi) is 5.81. The molecule has 2 heterocycles. The lowest BCUT2D eigenvalue weighted by atomic mass is 9.72. The number of nitrogens with one attached hydrogen (secondary N) is 1. The van der Waals surface area contributed by atoms with Gasteiger partial charge in [-0.25, -0.2) is 0 Å². The molecule has 2 fully saturated rings. The molecule has 5 heteroatoms. The van der Waals surface area contributed by atoms with Crippen molar-refractivity contribution in [2.75, 3.05) is 6.54 Å². The fourth-order valence-corrected chi connectivity index (χ4v) is 5.41. The summed E-state index contributed by atoms with van der Waals surface area (Å²) in [7, 11) is 0. The molecule has 2 aromatic rings. The summed E-state index contributed by atoms with van der Waals surface area (Å²) in [6, 6.07) is 11.8. The summed E-state index contributed by atoms with van der Waals surface area (Å²) in [5, 5.41) is 4.83. The minimum absolute atomic E-state index is 0.0547. The van der Waals surface area contributed by atoms with Crippen LogP contribution >= 0.6 is 11.3 Å². The number of likely N-dealkylation sites (tertiary alicyclic amines) is 1. The van der Waals surface area contributed by atoms with E-state index >= 15 is 0 Å². The zero-order chi connectivity index (χ0) is 19.5. The van der Waals surface area contributed by atoms with E-state index in [0.29, 0.717) is 23.4 Å². The van der Waals surface area contributed by atoms with Gasteiger partial charge in [0.15, 0.2) is 0 Å². The highest BCUT2D eigenvalue weighted by molar-refractivity contribution is 7.12. The van der Waals surface area contributed by atoms with Crippen LogP contribution in [-0.4, -0.2) is 29.3 Å². The predicted octanol–water partition coefficient (Wildman–Crippen LogP) is 4.72. The minimum atomic E-state index is -0.0547. The summed E-state index contributed by atoms with van der Waals surface area (Å²) in [6.07, 6.45) is 6.06. The van der Waals surface area contributed by atoms with E-state index in [9.17, 15) is 9.59 Å². The third-order valence-electron chi connectivity index (χ3n) is 6.40. The first-order valence-corrected chi connectivity index (χ1v) is 11.2. The highest BCUT2D eigenvalue weighted by Gasteiger charge is 2.39. The molecule has 28 heavy (non-hydrogen) atoms. The first-order valence-electron chi connectivity index (χ1n) is 10.3. The molecule has 1 aliphatic carbocycles. The number of carbonyl (C=O) groups excluding carboxylic acids is 2. The molecule has 2 amide bonds. The van der Waals surface area contributed by atoms with Gasteiger partial charge in [0.1, 0.15) is 0 Å². The van der Waals surface area contributed by atoms with E-state index in [2.05, 4.69) is 17.1 Å². The van der Waals surface area contributed by atoms with Crippen LogP contribution < -0.4 is 5.32 Å². The summed E-state index contributed by atoms with van der Waals surface area (Å²) in [6.45, 7) is 3.70. The molecule has 0 spiro atoms. The van der Waals surface area contributed by atoms with Gasteiger partial charge < -0.3 is 10.2 Å². The number of benzene rings is 1. The largest absolute Gasteiger partial charge is 0.347 e. The van der Waals surface area contributed by atoms with E-state index in [4.69, 9.17) is 0 Å². The number of amides is 2. The summed E-state index contributed by atoms with van der Waals surface area (Å²) < 4.78 is 0. The van der Waals surface area contributed by atoms with Gasteiger partial charge in [-0.05, 0) is 60.2 Å². The van der Waals surface area contributed by atoms with E-state index < -0.39 is 0 Å². The Balaban J connectivity index is 1.39. The van der Waals surface area contributed by atoms with E-state index in [0.717, 1.165) is 36.4 Å². The van der Waals surface area contributed by atoms with Crippen LogP contribution in [0.4, 0.5) is 0 Å². The summed E-state index contributed by atoms with van der Waals surface area (Å²) in [5.41, 5.74) is 1.76. The molecule has 1 saturated carbocycles. The third kappa shape index (κ3) is 4.00. The normalized spacial score (nSPS) is 24.5. The topological polar surface area (TPSA) is 49.4 Å². The summed E-state index contributed by atoms with van der Waals surface area (Å²) >= 11 is 1.44. The minimum Gasteiger partial charge on any atom is -0.347 e. The summed E-state index contributed by atoms with van der Waals surface area (Å²) in [5.74, 6) is 1.50. The highest BCUT2D eigenvalue weighted by atomic mass is 32.1. The van der Waals surface area contributed by atoms with Gasteiger partial charge in [0, 0.05) is 24.7 Å². The molecule has 0 radical (unpaired) electrons. The van der Waals surface area contributed by atoms with E-state index in [1.54, 1.807) is 0 Å². The van der Waals surface area contributed by atoms with Crippen LogP contribution in [0.1, 0.15) is 64.6 Å². The molecule has 0 unspecified atom stereocenters. The number of nitrogens with zero attached hydrogens (tertiary/aromatic N) is 1. The maximum Gasteiger partial charge on any atom is 0.261 e. The van der Waals surface area contributed by atoms with Crippen LogP contribution in [0.25, 0.3) is 0 Å². The Hall–Kier alpha value is -2.14. The Bertz CT molecular complexity index is 816. The Morgan fingerprint density at radius 3 is 2.64 bits per heavy atom. The number of thiophene rings is 1. The lowest BCUT2D eigenvalue weighted by molar-refractivity contribution is 0.0217. The zero-order valence-corrected chi connectivity index (χ0v) is 17.2. The van der Waals surface area contributed by atoms with Crippen molar-refractivity contribution in [2.45, 2.75) is 51.6 Å². The molecule has 1 aromatic carbocycles. The molecule has 1 saturated heterocycles. The Morgan fingerprint density at radius 1 is 1.11 bits per heavy atom. The van der Waals surface area contributed by atoms with Gasteiger partial charge in [-0.1, -0.05) is 38.0 Å². The number of rotatable bonds is 4. The molecular weight excluding hydrogens is 368 g/mol. The average Bonchev–Trinajstić information content (AvgIpc) is 3.27. The van der Waals surface area contributed by atoms with Gasteiger partial charge in [0.05, 0.1) is 4.88 Å². The summed E-state index contributed by atoms with van der Waals surface area (Å²) in [4.78, 5) is 28.1. The van der Waals surface area contributed by atoms with Crippen LogP contribution in [0.5, 0.6) is 0 Å². The van der Waals surface area contributed by atoms with Crippen LogP contribution in [0.3, 0.4) is 0 Å². The molecule has 1 aliphatic heterocycles. The van der Waals surface area contributed by atoms with Gasteiger partial charge >= 0.3 is 0 Å². The van der Waals surface area contributed by atoms with Crippen molar-refractivity contribution in [3.8, 4) is 0 Å². The van der Waals surface area contributed by atoms with Crippen LogP contribution in [-0.2, 0) is 6.54 Å². The van der Waals surface area contributed by atoms with E-state index in [1.807, 2.05) is 41.8 Å². The molecule has 4 nitrogen and oxygen atoms in total. The van der Waals surface area contributed by atoms with Crippen LogP contribution in [0.2, 0.25) is 0 Å². The van der Waals surface area contributed by atoms with Crippen molar-refractivity contribution >= 4 is 23.2 Å². The molecule has 1 aromatic heterocycles. The maximum atomic E-state index is 13.2. The fraction of sp³-hybridized carbons (Fsp3) is 0.478. The van der Waals surface area contributed by atoms with Crippen LogP contribution in [0.15, 0.2) is 41.8 Å². The van der Waals surface area contributed by atoms with E-state index in [-0.39, 0.29) is 11.8 Å². The van der Waals surface area contributed by atoms with Crippen molar-refractivity contribution in [1.29, 1.82) is 0 Å². The average molecular weight is 397 g/mol. The maximum absolute atomic E-state index is 13.2. The second-order valence-electron chi connectivity index (χ2n) is 8.14. The van der Waals surface area contributed by atoms with Gasteiger partial charge in [0.25, 0.3) is 11.8 Å². The van der Waals surface area contributed by atoms with Crippen molar-refractivity contribution in [1.82, 2.24) is 10.2 Å². The van der Waals surface area contributed by atoms with Gasteiger partial charge in [-0.3, -0.25) is 9.59 Å². The standard InChI is InChI=1S/C23H28N2O2S/c1-16-12-13-25(20-6-3-2-5-19(16)20)23(27)18-10-8-17(9-11-18)15-24-22(26)21-7-4-14-28-21/h4,7-11,14,16,19-20H,2-3,5-6,12-13,15H2,1H3,(H,24,26)/t16-,19+,20+/m1/s1. The molecule has 2 aliphatic rings. The zero-order valence-electron chi connectivity index (χ0n) is 16.4. The lowest BCUT2D eigenvalue weighted by Crippen LogP contribution is -2.52. The first kappa shape index (κ1) is 19.2. The first-order chi connectivity index (χ1) is 13.6. The quantitative estimate of drug-likeness (QED) is 0.813. The number of carbonyl (C=O) groups is 2. The molecule has 0 bridgehead atoms. The predicted molar refractivity (Wildman–Crippen MR) is 112 cm³/mol.